The fourth-order valence-corrected chi connectivity index (χ4v) is 4.44. The molecule has 132 valence electrons. The molecule has 1 aliphatic heterocycles. The van der Waals surface area contributed by atoms with Crippen LogP contribution >= 0.6 is 23.6 Å². The molecule has 4 rings (SSSR count). The highest BCUT2D eigenvalue weighted by Crippen LogP contribution is 2.23. The highest BCUT2D eigenvalue weighted by Gasteiger charge is 2.34. The topological polar surface area (TPSA) is 75.2 Å². The van der Waals surface area contributed by atoms with Crippen molar-refractivity contribution in [2.24, 2.45) is 0 Å². The van der Waals surface area contributed by atoms with Gasteiger partial charge in [-0.15, -0.1) is 11.3 Å². The second-order valence-corrected chi connectivity index (χ2v) is 7.53. The molecule has 0 saturated carbocycles. The van der Waals surface area contributed by atoms with Crippen LogP contribution in [0, 0.1) is 4.77 Å². The van der Waals surface area contributed by atoms with Gasteiger partial charge < -0.3 is 4.98 Å². The van der Waals surface area contributed by atoms with E-state index in [0.717, 1.165) is 16.1 Å². The summed E-state index contributed by atoms with van der Waals surface area (Å²) in [5, 5.41) is 0.586. The molecule has 0 unspecified atom stereocenters. The normalized spacial score (nSPS) is 13.7. The first-order chi connectivity index (χ1) is 12.5. The van der Waals surface area contributed by atoms with Gasteiger partial charge in [0.1, 0.15) is 4.83 Å². The third-order valence-corrected chi connectivity index (χ3v) is 6.02. The molecule has 3 heterocycles. The van der Waals surface area contributed by atoms with Gasteiger partial charge >= 0.3 is 0 Å². The zero-order chi connectivity index (χ0) is 18.4. The number of carbonyl (C=O) groups excluding carboxylic acids is 2. The molecule has 26 heavy (non-hydrogen) atoms. The van der Waals surface area contributed by atoms with E-state index in [-0.39, 0.29) is 30.5 Å². The predicted octanol–water partition coefficient (Wildman–Crippen LogP) is 2.98. The van der Waals surface area contributed by atoms with Crippen molar-refractivity contribution in [2.45, 2.75) is 19.9 Å². The summed E-state index contributed by atoms with van der Waals surface area (Å²) in [6.07, 6.45) is 0.842. The zero-order valence-electron chi connectivity index (χ0n) is 13.9. The molecule has 1 aromatic carbocycles. The summed E-state index contributed by atoms with van der Waals surface area (Å²) in [6.45, 7) is 2.28. The van der Waals surface area contributed by atoms with Gasteiger partial charge in [0.25, 0.3) is 17.4 Å². The van der Waals surface area contributed by atoms with Crippen molar-refractivity contribution >= 4 is 45.6 Å². The highest BCUT2D eigenvalue weighted by molar-refractivity contribution is 7.71. The number of aromatic nitrogens is 2. The van der Waals surface area contributed by atoms with Crippen LogP contribution in [-0.2, 0) is 13.0 Å². The standard InChI is InChI=1S/C18H15N3O3S2/c1-2-10-9-13-14(26-10)19-18(25)21(17(13)24)8-7-20-15(22)11-5-3-4-6-12(11)16(20)23/h3-6,9H,2,7-8H2,1H3,(H,19,25). The van der Waals surface area contributed by atoms with Crippen LogP contribution in [-0.4, -0.2) is 32.8 Å². The molecular formula is C18H15N3O3S2. The number of aromatic amines is 1. The Labute approximate surface area is 157 Å². The van der Waals surface area contributed by atoms with Crippen molar-refractivity contribution in [2.75, 3.05) is 6.54 Å². The zero-order valence-corrected chi connectivity index (χ0v) is 15.6. The maximum atomic E-state index is 12.8. The number of nitrogens with one attached hydrogen (secondary N) is 1. The first-order valence-electron chi connectivity index (χ1n) is 8.22. The number of rotatable bonds is 4. The molecule has 0 aliphatic carbocycles. The van der Waals surface area contributed by atoms with Crippen molar-refractivity contribution in [3.05, 3.63) is 61.5 Å². The number of hydrogen-bond donors (Lipinski definition) is 1. The number of amides is 2. The summed E-state index contributed by atoms with van der Waals surface area (Å²) in [6, 6.07) is 8.59. The van der Waals surface area contributed by atoms with Crippen molar-refractivity contribution < 1.29 is 9.59 Å². The minimum absolute atomic E-state index is 0.0972. The Kier molecular flexibility index (Phi) is 4.08. The van der Waals surface area contributed by atoms with E-state index in [1.54, 1.807) is 24.3 Å². The number of aryl methyl sites for hydroxylation is 1. The second kappa shape index (κ2) is 6.30. The van der Waals surface area contributed by atoms with Crippen LogP contribution < -0.4 is 5.56 Å². The number of H-pyrrole nitrogens is 1. The lowest BCUT2D eigenvalue weighted by Crippen LogP contribution is -2.35. The van der Waals surface area contributed by atoms with Crippen molar-refractivity contribution in [3.63, 3.8) is 0 Å². The van der Waals surface area contributed by atoms with E-state index in [0.29, 0.717) is 21.3 Å². The molecule has 0 spiro atoms. The fourth-order valence-electron chi connectivity index (χ4n) is 3.12. The average molecular weight is 385 g/mol. The number of hydrogen-bond acceptors (Lipinski definition) is 5. The number of carbonyl (C=O) groups is 2. The fraction of sp³-hybridized carbons (Fsp3) is 0.222. The molecular weight excluding hydrogens is 370 g/mol. The first-order valence-corrected chi connectivity index (χ1v) is 9.44. The number of benzene rings is 1. The molecule has 0 radical (unpaired) electrons. The molecule has 0 saturated heterocycles. The Morgan fingerprint density at radius 3 is 2.35 bits per heavy atom. The molecule has 8 heteroatoms. The van der Waals surface area contributed by atoms with Crippen LogP contribution in [0.15, 0.2) is 35.1 Å². The van der Waals surface area contributed by atoms with Crippen LogP contribution in [0.5, 0.6) is 0 Å². The minimum Gasteiger partial charge on any atom is -0.323 e. The van der Waals surface area contributed by atoms with Crippen molar-refractivity contribution in [3.8, 4) is 0 Å². The van der Waals surface area contributed by atoms with Gasteiger partial charge in [0.05, 0.1) is 16.5 Å². The van der Waals surface area contributed by atoms with Gasteiger partial charge in [0.15, 0.2) is 4.77 Å². The summed E-state index contributed by atoms with van der Waals surface area (Å²) < 4.78 is 1.71. The molecule has 0 atom stereocenters. The minimum atomic E-state index is -0.335. The lowest BCUT2D eigenvalue weighted by molar-refractivity contribution is 0.0648. The molecule has 0 fully saturated rings. The number of nitrogens with zero attached hydrogens (tertiary/aromatic N) is 2. The van der Waals surface area contributed by atoms with E-state index >= 15 is 0 Å². The monoisotopic (exact) mass is 385 g/mol. The van der Waals surface area contributed by atoms with Crippen molar-refractivity contribution in [1.82, 2.24) is 14.5 Å². The summed E-state index contributed by atoms with van der Waals surface area (Å²) in [4.78, 5) is 43.7. The summed E-state index contributed by atoms with van der Waals surface area (Å²) in [5.41, 5.74) is 0.600. The molecule has 1 N–H and O–H groups in total. The SMILES string of the molecule is CCc1cc2c(=O)n(CCN3C(=O)c4ccccc4C3=O)c(=S)[nH]c2s1. The van der Waals surface area contributed by atoms with Crippen LogP contribution in [0.2, 0.25) is 0 Å². The van der Waals surface area contributed by atoms with E-state index in [1.807, 2.05) is 13.0 Å². The number of thiophene rings is 1. The second-order valence-electron chi connectivity index (χ2n) is 6.00. The smallest absolute Gasteiger partial charge is 0.263 e. The van der Waals surface area contributed by atoms with E-state index in [4.69, 9.17) is 12.2 Å². The maximum absolute atomic E-state index is 12.8. The first kappa shape index (κ1) is 16.9. The highest BCUT2D eigenvalue weighted by atomic mass is 32.1. The van der Waals surface area contributed by atoms with Crippen LogP contribution in [0.25, 0.3) is 10.2 Å². The Morgan fingerprint density at radius 1 is 1.08 bits per heavy atom. The molecule has 2 aromatic heterocycles. The van der Waals surface area contributed by atoms with Crippen molar-refractivity contribution in [1.29, 1.82) is 0 Å². The van der Waals surface area contributed by atoms with Gasteiger partial charge in [-0.05, 0) is 36.8 Å². The van der Waals surface area contributed by atoms with Gasteiger partial charge in [-0.1, -0.05) is 19.1 Å². The Bertz CT molecular complexity index is 1140. The van der Waals surface area contributed by atoms with Crippen LogP contribution in [0.3, 0.4) is 0 Å². The molecule has 1 aliphatic rings. The lowest BCUT2D eigenvalue weighted by Gasteiger charge is -2.14. The summed E-state index contributed by atoms with van der Waals surface area (Å²) in [5.74, 6) is -0.670. The van der Waals surface area contributed by atoms with Gasteiger partial charge in [-0.3, -0.25) is 23.9 Å². The molecule has 6 nitrogen and oxygen atoms in total. The summed E-state index contributed by atoms with van der Waals surface area (Å²) >= 11 is 6.82. The van der Waals surface area contributed by atoms with Gasteiger partial charge in [0.2, 0.25) is 0 Å². The predicted molar refractivity (Wildman–Crippen MR) is 102 cm³/mol. The van der Waals surface area contributed by atoms with E-state index in [2.05, 4.69) is 4.98 Å². The third-order valence-electron chi connectivity index (χ3n) is 4.50. The lowest BCUT2D eigenvalue weighted by atomic mass is 10.1. The van der Waals surface area contributed by atoms with Gasteiger partial charge in [-0.25, -0.2) is 0 Å². The van der Waals surface area contributed by atoms with Crippen LogP contribution in [0.4, 0.5) is 0 Å². The maximum Gasteiger partial charge on any atom is 0.263 e. The Balaban J connectivity index is 1.65. The quantitative estimate of drug-likeness (QED) is 0.553. The van der Waals surface area contributed by atoms with E-state index < -0.39 is 0 Å². The third kappa shape index (κ3) is 2.53. The van der Waals surface area contributed by atoms with E-state index in [9.17, 15) is 14.4 Å². The largest absolute Gasteiger partial charge is 0.323 e. The number of imide groups is 1. The Hall–Kier alpha value is -2.58. The Morgan fingerprint density at radius 2 is 1.73 bits per heavy atom. The average Bonchev–Trinajstić information content (AvgIpc) is 3.16. The van der Waals surface area contributed by atoms with Gasteiger partial charge in [-0.2, -0.15) is 0 Å². The number of fused-ring (bicyclic) bond motifs is 2. The molecule has 0 bridgehead atoms. The summed E-state index contributed by atoms with van der Waals surface area (Å²) in [7, 11) is 0. The van der Waals surface area contributed by atoms with Crippen LogP contribution in [0.1, 0.15) is 32.5 Å². The van der Waals surface area contributed by atoms with E-state index in [1.165, 1.54) is 20.8 Å². The molecule has 2 amide bonds. The van der Waals surface area contributed by atoms with Gasteiger partial charge in [0, 0.05) is 18.0 Å². The molecule has 3 aromatic rings.